The minimum absolute atomic E-state index is 0.0328. The van der Waals surface area contributed by atoms with Crippen molar-refractivity contribution in [1.29, 1.82) is 0 Å². The van der Waals surface area contributed by atoms with Crippen LogP contribution in [-0.2, 0) is 18.0 Å². The topological polar surface area (TPSA) is 64.4 Å². The number of alkyl halides is 3. The molecule has 0 saturated heterocycles. The van der Waals surface area contributed by atoms with Crippen molar-refractivity contribution in [2.45, 2.75) is 20.0 Å². The predicted octanol–water partition coefficient (Wildman–Crippen LogP) is 3.70. The Kier molecular flexibility index (Phi) is 4.42. The molecule has 0 radical (unpaired) electrons. The average molecular weight is 340 g/mol. The number of benzene rings is 1. The van der Waals surface area contributed by atoms with Crippen molar-refractivity contribution in [3.8, 4) is 16.9 Å². The van der Waals surface area contributed by atoms with Crippen LogP contribution in [-0.4, -0.2) is 20.9 Å². The van der Waals surface area contributed by atoms with Crippen LogP contribution in [0.1, 0.15) is 17.0 Å². The summed E-state index contributed by atoms with van der Waals surface area (Å²) in [6.07, 6.45) is -4.54. The predicted molar refractivity (Wildman–Crippen MR) is 80.5 cm³/mol. The molecule has 0 aliphatic heterocycles. The zero-order valence-electron chi connectivity index (χ0n) is 13.2. The fourth-order valence-corrected chi connectivity index (χ4v) is 2.33. The first-order chi connectivity index (χ1) is 11.0. The zero-order valence-corrected chi connectivity index (χ0v) is 13.2. The Labute approximate surface area is 136 Å². The summed E-state index contributed by atoms with van der Waals surface area (Å²) in [5.74, 6) is -2.02. The van der Waals surface area contributed by atoms with Crippen LogP contribution in [0.4, 0.5) is 13.2 Å². The molecule has 8 heteroatoms. The summed E-state index contributed by atoms with van der Waals surface area (Å²) in [6.45, 7) is 6.59. The lowest BCUT2D eigenvalue weighted by molar-refractivity contribution is -0.138. The normalized spacial score (nSPS) is 11.4. The fraction of sp³-hybridized carbons (Fsp3) is 0.250. The minimum Gasteiger partial charge on any atom is -0.475 e. The summed E-state index contributed by atoms with van der Waals surface area (Å²) in [4.78, 5) is 10.9. The third-order valence-corrected chi connectivity index (χ3v) is 3.56. The molecular formula is C16H15F3N2O3. The number of carbonyl (C=O) groups is 1. The lowest BCUT2D eigenvalue weighted by Crippen LogP contribution is -2.09. The molecule has 128 valence electrons. The maximum absolute atomic E-state index is 13.0. The fourth-order valence-electron chi connectivity index (χ4n) is 2.33. The Bertz CT molecular complexity index is 823. The number of nitrogens with zero attached hydrogens (tertiary/aromatic N) is 2. The summed E-state index contributed by atoms with van der Waals surface area (Å²) in [5, 5.41) is 13.1. The second kappa shape index (κ2) is 6.03. The van der Waals surface area contributed by atoms with Gasteiger partial charge in [0.15, 0.2) is 0 Å². The Hall–Kier alpha value is -2.77. The summed E-state index contributed by atoms with van der Waals surface area (Å²) in [7, 11) is 1.66. The molecule has 0 amide bonds. The van der Waals surface area contributed by atoms with E-state index in [2.05, 4.69) is 11.7 Å². The Balaban J connectivity index is 2.68. The standard InChI is InChI=1S/C16H15F3N2O3/c1-8-14(9(2)21(4)20-8)12-7-11(16(17,18)19)5-6-13(12)24-10(3)15(22)23/h5-7H,3H2,1-2,4H3,(H,22,23). The molecule has 2 rings (SSSR count). The van der Waals surface area contributed by atoms with Crippen LogP contribution in [0.5, 0.6) is 5.75 Å². The summed E-state index contributed by atoms with van der Waals surface area (Å²) in [6, 6.07) is 2.83. The third-order valence-electron chi connectivity index (χ3n) is 3.56. The lowest BCUT2D eigenvalue weighted by atomic mass is 10.00. The van der Waals surface area contributed by atoms with Gasteiger partial charge < -0.3 is 9.84 Å². The highest BCUT2D eigenvalue weighted by Crippen LogP contribution is 2.40. The Morgan fingerprint density at radius 2 is 1.96 bits per heavy atom. The van der Waals surface area contributed by atoms with Gasteiger partial charge in [-0.15, -0.1) is 0 Å². The van der Waals surface area contributed by atoms with Crippen LogP contribution < -0.4 is 4.74 Å². The highest BCUT2D eigenvalue weighted by atomic mass is 19.4. The molecule has 0 unspecified atom stereocenters. The summed E-state index contributed by atoms with van der Waals surface area (Å²) >= 11 is 0. The first kappa shape index (κ1) is 17.6. The van der Waals surface area contributed by atoms with Crippen LogP contribution in [0, 0.1) is 13.8 Å². The molecule has 5 nitrogen and oxygen atoms in total. The van der Waals surface area contributed by atoms with Crippen molar-refractivity contribution in [1.82, 2.24) is 9.78 Å². The molecule has 0 fully saturated rings. The second-order valence-corrected chi connectivity index (χ2v) is 5.21. The van der Waals surface area contributed by atoms with Crippen LogP contribution in [0.3, 0.4) is 0 Å². The molecule has 0 aliphatic rings. The van der Waals surface area contributed by atoms with Gasteiger partial charge in [0.1, 0.15) is 5.75 Å². The highest BCUT2D eigenvalue weighted by Gasteiger charge is 2.32. The van der Waals surface area contributed by atoms with Gasteiger partial charge in [-0.1, -0.05) is 0 Å². The maximum atomic E-state index is 13.0. The van der Waals surface area contributed by atoms with E-state index in [4.69, 9.17) is 9.84 Å². The number of aromatic nitrogens is 2. The van der Waals surface area contributed by atoms with Gasteiger partial charge in [0.2, 0.25) is 5.76 Å². The van der Waals surface area contributed by atoms with E-state index in [1.165, 1.54) is 4.68 Å². The number of ether oxygens (including phenoxy) is 1. The van der Waals surface area contributed by atoms with Crippen molar-refractivity contribution in [2.24, 2.45) is 7.05 Å². The molecule has 1 aromatic carbocycles. The van der Waals surface area contributed by atoms with E-state index in [1.807, 2.05) is 0 Å². The quantitative estimate of drug-likeness (QED) is 0.681. The number of carboxylic acid groups (broad SMARTS) is 1. The number of rotatable bonds is 4. The van der Waals surface area contributed by atoms with Crippen LogP contribution >= 0.6 is 0 Å². The van der Waals surface area contributed by atoms with Gasteiger partial charge in [0.05, 0.1) is 11.3 Å². The largest absolute Gasteiger partial charge is 0.475 e. The second-order valence-electron chi connectivity index (χ2n) is 5.21. The molecule has 0 aliphatic carbocycles. The molecule has 0 saturated carbocycles. The number of aliphatic carboxylic acids is 1. The first-order valence-electron chi connectivity index (χ1n) is 6.84. The maximum Gasteiger partial charge on any atom is 0.416 e. The van der Waals surface area contributed by atoms with E-state index in [0.29, 0.717) is 17.0 Å². The van der Waals surface area contributed by atoms with Gasteiger partial charge in [-0.2, -0.15) is 18.3 Å². The van der Waals surface area contributed by atoms with Gasteiger partial charge in [0, 0.05) is 23.9 Å². The summed E-state index contributed by atoms with van der Waals surface area (Å²) < 4.78 is 45.8. The smallest absolute Gasteiger partial charge is 0.416 e. The monoisotopic (exact) mass is 340 g/mol. The minimum atomic E-state index is -4.54. The molecule has 1 heterocycles. The van der Waals surface area contributed by atoms with Crippen LogP contribution in [0.2, 0.25) is 0 Å². The molecule has 1 aromatic heterocycles. The average Bonchev–Trinajstić information content (AvgIpc) is 2.71. The Morgan fingerprint density at radius 3 is 2.42 bits per heavy atom. The Morgan fingerprint density at radius 1 is 1.33 bits per heavy atom. The van der Waals surface area contributed by atoms with Gasteiger partial charge in [0.25, 0.3) is 0 Å². The van der Waals surface area contributed by atoms with Crippen molar-refractivity contribution >= 4 is 5.97 Å². The third kappa shape index (κ3) is 3.27. The lowest BCUT2D eigenvalue weighted by Gasteiger charge is -2.15. The van der Waals surface area contributed by atoms with Crippen LogP contribution in [0.25, 0.3) is 11.1 Å². The van der Waals surface area contributed by atoms with E-state index >= 15 is 0 Å². The van der Waals surface area contributed by atoms with Gasteiger partial charge in [-0.3, -0.25) is 4.68 Å². The number of hydrogen-bond acceptors (Lipinski definition) is 3. The SMILES string of the molecule is C=C(Oc1ccc(C(F)(F)F)cc1-c1c(C)nn(C)c1C)C(=O)O. The van der Waals surface area contributed by atoms with E-state index < -0.39 is 23.5 Å². The molecular weight excluding hydrogens is 325 g/mol. The number of aryl methyl sites for hydroxylation is 2. The van der Waals surface area contributed by atoms with E-state index in [0.717, 1.165) is 18.2 Å². The van der Waals surface area contributed by atoms with Gasteiger partial charge in [-0.25, -0.2) is 4.79 Å². The van der Waals surface area contributed by atoms with E-state index in [-0.39, 0.29) is 11.3 Å². The molecule has 0 bridgehead atoms. The zero-order chi connectivity index (χ0) is 18.2. The van der Waals surface area contributed by atoms with Gasteiger partial charge in [-0.05, 0) is 38.6 Å². The van der Waals surface area contributed by atoms with Crippen LogP contribution in [0.15, 0.2) is 30.5 Å². The number of hydrogen-bond donors (Lipinski definition) is 1. The van der Waals surface area contributed by atoms with E-state index in [1.54, 1.807) is 20.9 Å². The molecule has 24 heavy (non-hydrogen) atoms. The van der Waals surface area contributed by atoms with Crippen molar-refractivity contribution < 1.29 is 27.8 Å². The van der Waals surface area contributed by atoms with Gasteiger partial charge >= 0.3 is 12.1 Å². The van der Waals surface area contributed by atoms with Crippen molar-refractivity contribution in [3.63, 3.8) is 0 Å². The van der Waals surface area contributed by atoms with Crippen molar-refractivity contribution in [2.75, 3.05) is 0 Å². The van der Waals surface area contributed by atoms with Crippen molar-refractivity contribution in [3.05, 3.63) is 47.5 Å². The molecule has 1 N–H and O–H groups in total. The highest BCUT2D eigenvalue weighted by molar-refractivity contribution is 5.85. The molecule has 2 aromatic rings. The molecule has 0 atom stereocenters. The van der Waals surface area contributed by atoms with E-state index in [9.17, 15) is 18.0 Å². The first-order valence-corrected chi connectivity index (χ1v) is 6.84. The number of carboxylic acids is 1. The number of halogens is 3. The molecule has 0 spiro atoms. The summed E-state index contributed by atoms with van der Waals surface area (Å²) in [5.41, 5.74) is 0.818.